The van der Waals surface area contributed by atoms with Crippen molar-refractivity contribution in [2.75, 3.05) is 32.1 Å². The standard InChI is InChI=1S/C11H17ClN2S/c1-14(2)6-3-7-15-11-8-9(12)4-5-10(11)13/h4-5,8H,3,6-7,13H2,1-2H3. The first-order valence-electron chi connectivity index (χ1n) is 4.92. The summed E-state index contributed by atoms with van der Waals surface area (Å²) in [5.41, 5.74) is 6.66. The van der Waals surface area contributed by atoms with E-state index in [0.717, 1.165) is 34.3 Å². The summed E-state index contributed by atoms with van der Waals surface area (Å²) >= 11 is 7.67. The maximum absolute atomic E-state index is 5.90. The van der Waals surface area contributed by atoms with Crippen LogP contribution in [0.15, 0.2) is 23.1 Å². The average Bonchev–Trinajstić information content (AvgIpc) is 2.17. The van der Waals surface area contributed by atoms with E-state index in [1.165, 1.54) is 0 Å². The van der Waals surface area contributed by atoms with Crippen molar-refractivity contribution in [3.05, 3.63) is 23.2 Å². The third kappa shape index (κ3) is 4.78. The van der Waals surface area contributed by atoms with Crippen LogP contribution in [0.2, 0.25) is 5.02 Å². The molecule has 0 aliphatic heterocycles. The number of hydrogen-bond donors (Lipinski definition) is 1. The van der Waals surface area contributed by atoms with Crippen LogP contribution in [0.1, 0.15) is 6.42 Å². The van der Waals surface area contributed by atoms with Gasteiger partial charge in [-0.3, -0.25) is 0 Å². The Morgan fingerprint density at radius 3 is 2.80 bits per heavy atom. The SMILES string of the molecule is CN(C)CCCSc1cc(Cl)ccc1N. The number of nitrogens with zero attached hydrogens (tertiary/aromatic N) is 1. The van der Waals surface area contributed by atoms with Crippen LogP contribution in [0.3, 0.4) is 0 Å². The molecule has 15 heavy (non-hydrogen) atoms. The number of thioether (sulfide) groups is 1. The first kappa shape index (κ1) is 12.7. The fourth-order valence-corrected chi connectivity index (χ4v) is 2.37. The second-order valence-corrected chi connectivity index (χ2v) is 5.26. The highest BCUT2D eigenvalue weighted by molar-refractivity contribution is 7.99. The van der Waals surface area contributed by atoms with Gasteiger partial charge >= 0.3 is 0 Å². The minimum atomic E-state index is 0.749. The molecule has 0 amide bonds. The lowest BCUT2D eigenvalue weighted by Gasteiger charge is -2.09. The zero-order valence-electron chi connectivity index (χ0n) is 9.16. The molecular formula is C11H17ClN2S. The van der Waals surface area contributed by atoms with E-state index in [2.05, 4.69) is 19.0 Å². The summed E-state index contributed by atoms with van der Waals surface area (Å²) in [6, 6.07) is 5.61. The summed E-state index contributed by atoms with van der Waals surface area (Å²) in [4.78, 5) is 3.27. The predicted molar refractivity (Wildman–Crippen MR) is 69.8 cm³/mol. The Labute approximate surface area is 101 Å². The summed E-state index contributed by atoms with van der Waals surface area (Å²) in [7, 11) is 4.16. The lowest BCUT2D eigenvalue weighted by Crippen LogP contribution is -2.13. The monoisotopic (exact) mass is 244 g/mol. The largest absolute Gasteiger partial charge is 0.398 e. The fourth-order valence-electron chi connectivity index (χ4n) is 1.20. The molecule has 0 fully saturated rings. The lowest BCUT2D eigenvalue weighted by molar-refractivity contribution is 0.410. The van der Waals surface area contributed by atoms with Gasteiger partial charge in [-0.1, -0.05) is 11.6 Å². The van der Waals surface area contributed by atoms with Gasteiger partial charge in [-0.15, -0.1) is 11.8 Å². The Balaban J connectivity index is 2.40. The molecule has 1 aromatic carbocycles. The van der Waals surface area contributed by atoms with Crippen LogP contribution >= 0.6 is 23.4 Å². The van der Waals surface area contributed by atoms with Gasteiger partial charge in [-0.2, -0.15) is 0 Å². The number of hydrogen-bond acceptors (Lipinski definition) is 3. The van der Waals surface area contributed by atoms with E-state index in [-0.39, 0.29) is 0 Å². The van der Waals surface area contributed by atoms with Crippen molar-refractivity contribution in [1.29, 1.82) is 0 Å². The van der Waals surface area contributed by atoms with Crippen molar-refractivity contribution in [1.82, 2.24) is 4.90 Å². The first-order valence-corrected chi connectivity index (χ1v) is 6.28. The van der Waals surface area contributed by atoms with Gasteiger partial charge in [-0.05, 0) is 51.0 Å². The van der Waals surface area contributed by atoms with E-state index in [4.69, 9.17) is 17.3 Å². The molecule has 0 saturated carbocycles. The van der Waals surface area contributed by atoms with Crippen LogP contribution in [0.25, 0.3) is 0 Å². The van der Waals surface area contributed by atoms with Crippen LogP contribution in [0.5, 0.6) is 0 Å². The Hall–Kier alpha value is -0.380. The van der Waals surface area contributed by atoms with E-state index in [1.54, 1.807) is 11.8 Å². The normalized spacial score (nSPS) is 10.9. The molecule has 0 heterocycles. The van der Waals surface area contributed by atoms with Crippen molar-refractivity contribution in [3.8, 4) is 0 Å². The minimum absolute atomic E-state index is 0.749. The van der Waals surface area contributed by atoms with Crippen LogP contribution in [0.4, 0.5) is 5.69 Å². The maximum atomic E-state index is 5.90. The third-order valence-electron chi connectivity index (χ3n) is 1.98. The lowest BCUT2D eigenvalue weighted by atomic mass is 10.3. The van der Waals surface area contributed by atoms with Gasteiger partial charge in [0.1, 0.15) is 0 Å². The van der Waals surface area contributed by atoms with Crippen LogP contribution in [-0.4, -0.2) is 31.3 Å². The highest BCUT2D eigenvalue weighted by Gasteiger charge is 2.01. The van der Waals surface area contributed by atoms with Crippen LogP contribution < -0.4 is 5.73 Å². The second kappa shape index (κ2) is 6.26. The van der Waals surface area contributed by atoms with Crippen molar-refractivity contribution in [2.24, 2.45) is 0 Å². The second-order valence-electron chi connectivity index (χ2n) is 3.69. The van der Waals surface area contributed by atoms with E-state index in [1.807, 2.05) is 18.2 Å². The number of halogens is 1. The molecular weight excluding hydrogens is 228 g/mol. The van der Waals surface area contributed by atoms with Gasteiger partial charge in [0.25, 0.3) is 0 Å². The Bertz CT molecular complexity index is 315. The molecule has 2 N–H and O–H groups in total. The number of nitrogen functional groups attached to an aromatic ring is 1. The van der Waals surface area contributed by atoms with Gasteiger partial charge in [0.15, 0.2) is 0 Å². The number of nitrogens with two attached hydrogens (primary N) is 1. The van der Waals surface area contributed by atoms with Crippen molar-refractivity contribution in [3.63, 3.8) is 0 Å². The van der Waals surface area contributed by atoms with Crippen LogP contribution in [0, 0.1) is 0 Å². The van der Waals surface area contributed by atoms with Crippen molar-refractivity contribution >= 4 is 29.1 Å². The molecule has 0 saturated heterocycles. The highest BCUT2D eigenvalue weighted by atomic mass is 35.5. The van der Waals surface area contributed by atoms with E-state index >= 15 is 0 Å². The summed E-state index contributed by atoms with van der Waals surface area (Å²) < 4.78 is 0. The number of benzene rings is 1. The molecule has 0 unspecified atom stereocenters. The van der Waals surface area contributed by atoms with Gasteiger partial charge in [0.2, 0.25) is 0 Å². The van der Waals surface area contributed by atoms with E-state index < -0.39 is 0 Å². The fraction of sp³-hybridized carbons (Fsp3) is 0.455. The van der Waals surface area contributed by atoms with Crippen LogP contribution in [-0.2, 0) is 0 Å². The smallest absolute Gasteiger partial charge is 0.0453 e. The first-order chi connectivity index (χ1) is 7.09. The highest BCUT2D eigenvalue weighted by Crippen LogP contribution is 2.28. The maximum Gasteiger partial charge on any atom is 0.0453 e. The summed E-state index contributed by atoms with van der Waals surface area (Å²) in [6.07, 6.45) is 1.16. The van der Waals surface area contributed by atoms with E-state index in [9.17, 15) is 0 Å². The molecule has 0 bridgehead atoms. The van der Waals surface area contributed by atoms with E-state index in [0.29, 0.717) is 0 Å². The number of rotatable bonds is 5. The van der Waals surface area contributed by atoms with Gasteiger partial charge in [0, 0.05) is 15.6 Å². The van der Waals surface area contributed by atoms with Gasteiger partial charge < -0.3 is 10.6 Å². The molecule has 0 aliphatic carbocycles. The molecule has 0 aliphatic rings. The summed E-state index contributed by atoms with van der Waals surface area (Å²) in [5.74, 6) is 1.07. The zero-order valence-corrected chi connectivity index (χ0v) is 10.7. The molecule has 1 aromatic rings. The molecule has 0 aromatic heterocycles. The Morgan fingerprint density at radius 2 is 2.13 bits per heavy atom. The van der Waals surface area contributed by atoms with Gasteiger partial charge in [-0.25, -0.2) is 0 Å². The summed E-state index contributed by atoms with van der Waals surface area (Å²) in [6.45, 7) is 1.10. The molecule has 0 atom stereocenters. The molecule has 4 heteroatoms. The van der Waals surface area contributed by atoms with Crippen molar-refractivity contribution in [2.45, 2.75) is 11.3 Å². The molecule has 1 rings (SSSR count). The zero-order chi connectivity index (χ0) is 11.3. The molecule has 84 valence electrons. The van der Waals surface area contributed by atoms with Gasteiger partial charge in [0.05, 0.1) is 0 Å². The van der Waals surface area contributed by atoms with Crippen molar-refractivity contribution < 1.29 is 0 Å². The average molecular weight is 245 g/mol. The Morgan fingerprint density at radius 1 is 1.40 bits per heavy atom. The number of anilines is 1. The summed E-state index contributed by atoms with van der Waals surface area (Å²) in [5, 5.41) is 0.749. The predicted octanol–water partition coefficient (Wildman–Crippen LogP) is 2.97. The molecule has 0 radical (unpaired) electrons. The quantitative estimate of drug-likeness (QED) is 0.491. The topological polar surface area (TPSA) is 29.3 Å². The molecule has 0 spiro atoms. The third-order valence-corrected chi connectivity index (χ3v) is 3.38. The Kier molecular flexibility index (Phi) is 5.29. The minimum Gasteiger partial charge on any atom is -0.398 e. The molecule has 2 nitrogen and oxygen atoms in total.